The number of amides is 1. The Labute approximate surface area is 144 Å². The molecule has 3 rings (SSSR count). The van der Waals surface area contributed by atoms with Crippen molar-refractivity contribution in [2.75, 3.05) is 7.11 Å². The lowest BCUT2D eigenvalue weighted by atomic mass is 10.2. The highest BCUT2D eigenvalue weighted by molar-refractivity contribution is 7.75. The van der Waals surface area contributed by atoms with Gasteiger partial charge >= 0.3 is 0 Å². The number of benzene rings is 2. The van der Waals surface area contributed by atoms with Gasteiger partial charge in [-0.1, -0.05) is 29.3 Å². The minimum absolute atomic E-state index is 0.0676. The van der Waals surface area contributed by atoms with E-state index in [1.165, 1.54) is 7.11 Å². The van der Waals surface area contributed by atoms with Crippen molar-refractivity contribution in [2.45, 2.75) is 6.92 Å². The van der Waals surface area contributed by atoms with Gasteiger partial charge in [-0.15, -0.1) is 0 Å². The van der Waals surface area contributed by atoms with Crippen molar-refractivity contribution in [3.05, 3.63) is 58.7 Å². The molecule has 1 amide bonds. The van der Waals surface area contributed by atoms with Gasteiger partial charge in [0.25, 0.3) is 13.3 Å². The van der Waals surface area contributed by atoms with Crippen molar-refractivity contribution in [3.8, 4) is 0 Å². The van der Waals surface area contributed by atoms with Crippen LogP contribution < -0.4 is 16.3 Å². The number of halogens is 1. The molecule has 7 heteroatoms. The van der Waals surface area contributed by atoms with Crippen LogP contribution in [0.3, 0.4) is 0 Å². The molecule has 2 aromatic carbocycles. The van der Waals surface area contributed by atoms with Gasteiger partial charge in [0, 0.05) is 28.3 Å². The van der Waals surface area contributed by atoms with E-state index in [1.54, 1.807) is 30.3 Å². The second kappa shape index (κ2) is 6.10. The number of H-pyrrole nitrogens is 1. The zero-order chi connectivity index (χ0) is 17.5. The minimum Gasteiger partial charge on any atom is -0.364 e. The standard InChI is InChI=1S/C17H16ClN2O3P/c1-10-3-6-12(7-4-10)24(22,23-2)16-13-9-11(18)5-8-14(13)20-15(16)17(19)21/h3-9,20H,1-2H3,(H2,19,21). The Morgan fingerprint density at radius 1 is 1.21 bits per heavy atom. The summed E-state index contributed by atoms with van der Waals surface area (Å²) in [5, 5.41) is 1.75. The van der Waals surface area contributed by atoms with Crippen LogP contribution in [0.25, 0.3) is 10.9 Å². The second-order valence-electron chi connectivity index (χ2n) is 5.47. The summed E-state index contributed by atoms with van der Waals surface area (Å²) in [4.78, 5) is 14.8. The maximum atomic E-state index is 13.7. The van der Waals surface area contributed by atoms with E-state index in [4.69, 9.17) is 21.9 Å². The second-order valence-corrected chi connectivity index (χ2v) is 8.34. The number of nitrogens with one attached hydrogen (secondary N) is 1. The Hall–Kier alpha value is -2.07. The summed E-state index contributed by atoms with van der Waals surface area (Å²) in [6.07, 6.45) is 0. The van der Waals surface area contributed by atoms with E-state index in [9.17, 15) is 9.36 Å². The number of aromatic amines is 1. The molecule has 5 nitrogen and oxygen atoms in total. The fraction of sp³-hybridized carbons (Fsp3) is 0.118. The van der Waals surface area contributed by atoms with Crippen LogP contribution in [-0.4, -0.2) is 18.0 Å². The van der Waals surface area contributed by atoms with Crippen LogP contribution in [0.1, 0.15) is 16.1 Å². The van der Waals surface area contributed by atoms with Crippen LogP contribution in [0.15, 0.2) is 42.5 Å². The molecule has 0 bridgehead atoms. The minimum atomic E-state index is -3.52. The zero-order valence-corrected chi connectivity index (χ0v) is 14.8. The van der Waals surface area contributed by atoms with Crippen LogP contribution >= 0.6 is 19.0 Å². The molecule has 0 aliphatic rings. The van der Waals surface area contributed by atoms with Crippen LogP contribution in [0, 0.1) is 6.92 Å². The van der Waals surface area contributed by atoms with Gasteiger partial charge in [-0.3, -0.25) is 9.36 Å². The number of nitrogens with two attached hydrogens (primary N) is 1. The number of hydrogen-bond acceptors (Lipinski definition) is 3. The smallest absolute Gasteiger partial charge is 0.266 e. The molecular weight excluding hydrogens is 347 g/mol. The summed E-state index contributed by atoms with van der Waals surface area (Å²) in [5.74, 6) is -0.707. The van der Waals surface area contributed by atoms with E-state index in [0.717, 1.165) is 5.56 Å². The molecule has 0 aliphatic carbocycles. The third-order valence-electron chi connectivity index (χ3n) is 3.90. The first kappa shape index (κ1) is 16.8. The molecule has 3 N–H and O–H groups in total. The Kier molecular flexibility index (Phi) is 4.26. The van der Waals surface area contributed by atoms with Gasteiger partial charge in [-0.05, 0) is 37.3 Å². The van der Waals surface area contributed by atoms with Crippen LogP contribution in [-0.2, 0) is 9.09 Å². The van der Waals surface area contributed by atoms with Gasteiger partial charge in [-0.2, -0.15) is 0 Å². The number of hydrogen-bond donors (Lipinski definition) is 2. The van der Waals surface area contributed by atoms with Gasteiger partial charge in [0.15, 0.2) is 0 Å². The monoisotopic (exact) mass is 362 g/mol. The largest absolute Gasteiger partial charge is 0.364 e. The number of primary amides is 1. The highest BCUT2D eigenvalue weighted by atomic mass is 35.5. The molecule has 0 saturated heterocycles. The Morgan fingerprint density at radius 3 is 2.46 bits per heavy atom. The first-order chi connectivity index (χ1) is 11.4. The summed E-state index contributed by atoms with van der Waals surface area (Å²) in [7, 11) is -2.17. The molecule has 0 saturated carbocycles. The Balaban J connectivity index is 2.38. The average Bonchev–Trinajstić information content (AvgIpc) is 2.94. The number of carbonyl (C=O) groups excluding carboxylic acids is 1. The van der Waals surface area contributed by atoms with Crippen molar-refractivity contribution in [1.29, 1.82) is 0 Å². The molecule has 3 aromatic rings. The lowest BCUT2D eigenvalue weighted by Gasteiger charge is -2.17. The Morgan fingerprint density at radius 2 is 1.88 bits per heavy atom. The molecule has 124 valence electrons. The van der Waals surface area contributed by atoms with Crippen molar-refractivity contribution in [1.82, 2.24) is 4.98 Å². The van der Waals surface area contributed by atoms with E-state index in [2.05, 4.69) is 4.98 Å². The molecule has 1 atom stereocenters. The highest BCUT2D eigenvalue weighted by Crippen LogP contribution is 2.47. The molecule has 0 radical (unpaired) electrons. The number of aryl methyl sites for hydroxylation is 1. The van der Waals surface area contributed by atoms with Crippen molar-refractivity contribution >= 4 is 46.4 Å². The first-order valence-electron chi connectivity index (χ1n) is 7.21. The van der Waals surface area contributed by atoms with Crippen molar-refractivity contribution in [3.63, 3.8) is 0 Å². The summed E-state index contributed by atoms with van der Waals surface area (Å²) in [6.45, 7) is 1.93. The molecule has 1 heterocycles. The fourth-order valence-corrected chi connectivity index (χ4v) is 5.03. The van der Waals surface area contributed by atoms with Crippen molar-refractivity contribution in [2.24, 2.45) is 5.73 Å². The van der Waals surface area contributed by atoms with E-state index < -0.39 is 13.3 Å². The molecule has 24 heavy (non-hydrogen) atoms. The molecule has 0 aliphatic heterocycles. The average molecular weight is 363 g/mol. The summed E-state index contributed by atoms with van der Waals surface area (Å²) >= 11 is 6.08. The maximum Gasteiger partial charge on any atom is 0.266 e. The Bertz CT molecular complexity index is 979. The van der Waals surface area contributed by atoms with E-state index in [-0.39, 0.29) is 11.0 Å². The van der Waals surface area contributed by atoms with Crippen LogP contribution in [0.2, 0.25) is 5.02 Å². The predicted molar refractivity (Wildman–Crippen MR) is 96.9 cm³/mol. The lowest BCUT2D eigenvalue weighted by molar-refractivity contribution is 0.0997. The quantitative estimate of drug-likeness (QED) is 0.699. The van der Waals surface area contributed by atoms with Gasteiger partial charge < -0.3 is 15.2 Å². The number of aromatic nitrogens is 1. The van der Waals surface area contributed by atoms with E-state index in [0.29, 0.717) is 21.2 Å². The number of carbonyl (C=O) groups is 1. The van der Waals surface area contributed by atoms with Gasteiger partial charge in [0.05, 0.1) is 5.30 Å². The fourth-order valence-electron chi connectivity index (χ4n) is 2.70. The highest BCUT2D eigenvalue weighted by Gasteiger charge is 2.35. The predicted octanol–water partition coefficient (Wildman–Crippen LogP) is 3.10. The molecule has 1 unspecified atom stereocenters. The summed E-state index contributed by atoms with van der Waals surface area (Å²) < 4.78 is 19.1. The van der Waals surface area contributed by atoms with E-state index >= 15 is 0 Å². The third-order valence-corrected chi connectivity index (χ3v) is 6.69. The van der Waals surface area contributed by atoms with Crippen LogP contribution in [0.4, 0.5) is 0 Å². The topological polar surface area (TPSA) is 85.2 Å². The first-order valence-corrected chi connectivity index (χ1v) is 9.21. The lowest BCUT2D eigenvalue weighted by Crippen LogP contribution is -2.25. The maximum absolute atomic E-state index is 13.7. The van der Waals surface area contributed by atoms with Crippen molar-refractivity contribution < 1.29 is 13.9 Å². The van der Waals surface area contributed by atoms with Crippen LogP contribution in [0.5, 0.6) is 0 Å². The molecule has 0 fully saturated rings. The van der Waals surface area contributed by atoms with Gasteiger partial charge in [0.2, 0.25) is 0 Å². The third kappa shape index (κ3) is 2.65. The number of rotatable bonds is 4. The van der Waals surface area contributed by atoms with Gasteiger partial charge in [-0.25, -0.2) is 0 Å². The zero-order valence-electron chi connectivity index (χ0n) is 13.2. The molecule has 0 spiro atoms. The summed E-state index contributed by atoms with van der Waals surface area (Å²) in [6, 6.07) is 12.2. The molecular formula is C17H16ClN2O3P. The van der Waals surface area contributed by atoms with E-state index in [1.807, 2.05) is 19.1 Å². The van der Waals surface area contributed by atoms with Gasteiger partial charge in [0.1, 0.15) is 5.69 Å². The number of fused-ring (bicyclic) bond motifs is 1. The normalized spacial score (nSPS) is 13.8. The molecule has 1 aromatic heterocycles. The summed E-state index contributed by atoms with van der Waals surface area (Å²) in [5.41, 5.74) is 7.20. The SMILES string of the molecule is COP(=O)(c1ccc(C)cc1)c1c(C(N)=O)[nH]c2ccc(Cl)cc12.